The second-order valence-electron chi connectivity index (χ2n) is 10.9. The van der Waals surface area contributed by atoms with Crippen LogP contribution in [-0.2, 0) is 16.8 Å². The second-order valence-corrected chi connectivity index (χ2v) is 10.9. The summed E-state index contributed by atoms with van der Waals surface area (Å²) in [4.78, 5) is 0. The van der Waals surface area contributed by atoms with E-state index in [0.29, 0.717) is 35.9 Å². The molecule has 0 saturated heterocycles. The summed E-state index contributed by atoms with van der Waals surface area (Å²) in [6, 6.07) is 1.48. The van der Waals surface area contributed by atoms with Gasteiger partial charge in [-0.05, 0) is 6.42 Å². The van der Waals surface area contributed by atoms with Gasteiger partial charge in [-0.15, -0.1) is 43.5 Å². The van der Waals surface area contributed by atoms with E-state index < -0.39 is 0 Å². The first kappa shape index (κ1) is 28.8. The maximum Gasteiger partial charge on any atom is 3.00 e. The summed E-state index contributed by atoms with van der Waals surface area (Å²) in [5.41, 5.74) is 2.47. The van der Waals surface area contributed by atoms with Crippen LogP contribution in [0.5, 0.6) is 0 Å². The van der Waals surface area contributed by atoms with Gasteiger partial charge in [0.05, 0.1) is 0 Å². The van der Waals surface area contributed by atoms with Crippen LogP contribution in [0, 0.1) is 17.8 Å². The van der Waals surface area contributed by atoms with E-state index in [-0.39, 0.29) is 16.8 Å². The molecule has 0 aromatic heterocycles. The van der Waals surface area contributed by atoms with Crippen LogP contribution in [0.2, 0.25) is 0 Å². The van der Waals surface area contributed by atoms with Crippen molar-refractivity contribution in [2.75, 3.05) is 26.7 Å². The number of fused-ring (bicyclic) bond motifs is 4. The van der Waals surface area contributed by atoms with Crippen molar-refractivity contribution >= 4 is 0 Å². The predicted molar refractivity (Wildman–Crippen MR) is 143 cm³/mol. The molecule has 5 aliphatic rings. The van der Waals surface area contributed by atoms with Crippen LogP contribution in [0.15, 0.2) is 35.7 Å². The summed E-state index contributed by atoms with van der Waals surface area (Å²) in [5.74, 6) is 1.91. The van der Waals surface area contributed by atoms with Gasteiger partial charge >= 0.3 is 16.8 Å². The van der Waals surface area contributed by atoms with Crippen molar-refractivity contribution in [2.45, 2.75) is 102 Å². The maximum atomic E-state index is 7.00. The van der Waals surface area contributed by atoms with E-state index in [1.54, 1.807) is 0 Å². The van der Waals surface area contributed by atoms with Crippen LogP contribution in [-0.4, -0.2) is 50.0 Å². The van der Waals surface area contributed by atoms with Crippen molar-refractivity contribution in [1.82, 2.24) is 0 Å². The fourth-order valence-corrected chi connectivity index (χ4v) is 6.66. The fraction of sp³-hybridized carbons (Fsp3) is 0.793. The molecule has 5 nitrogen and oxygen atoms in total. The SMILES string of the molecule is C1=CC/C2=C/[N-]C3CCCCC3C[N-]C3CCCCC3C[N-]C3CCCCC3C[N-]C2=C1.CO.[Co+3]. The third-order valence-corrected chi connectivity index (χ3v) is 8.73. The Balaban J connectivity index is 0.00000111. The van der Waals surface area contributed by atoms with Gasteiger partial charge in [0.2, 0.25) is 0 Å². The van der Waals surface area contributed by atoms with Crippen molar-refractivity contribution in [3.63, 3.8) is 0 Å². The summed E-state index contributed by atoms with van der Waals surface area (Å²) in [6.07, 6.45) is 25.5. The van der Waals surface area contributed by atoms with Gasteiger partial charge in [0.25, 0.3) is 0 Å². The molecule has 0 bridgehead atoms. The van der Waals surface area contributed by atoms with E-state index in [2.05, 4.69) is 24.4 Å². The Hall–Kier alpha value is -0.794. The Morgan fingerprint density at radius 3 is 1.83 bits per heavy atom. The van der Waals surface area contributed by atoms with Gasteiger partial charge in [-0.2, -0.15) is 6.20 Å². The number of aliphatic hydroxyl groups is 1. The molecule has 1 heterocycles. The van der Waals surface area contributed by atoms with Crippen molar-refractivity contribution < 1.29 is 21.9 Å². The Kier molecular flexibility index (Phi) is 12.7. The Morgan fingerprint density at radius 2 is 1.20 bits per heavy atom. The zero-order valence-corrected chi connectivity index (χ0v) is 22.7. The van der Waals surface area contributed by atoms with E-state index in [1.165, 1.54) is 82.6 Å². The Morgan fingerprint density at radius 1 is 0.686 bits per heavy atom. The molecule has 35 heavy (non-hydrogen) atoms. The topological polar surface area (TPSA) is 76.6 Å². The van der Waals surface area contributed by atoms with Gasteiger partial charge in [-0.3, -0.25) is 0 Å². The summed E-state index contributed by atoms with van der Waals surface area (Å²) in [5, 5.41) is 28.0. The molecule has 1 N–H and O–H groups in total. The molecule has 3 saturated carbocycles. The minimum atomic E-state index is 0. The fourth-order valence-electron chi connectivity index (χ4n) is 6.66. The molecular weight excluding hydrogens is 479 g/mol. The zero-order valence-electron chi connectivity index (χ0n) is 21.7. The third-order valence-electron chi connectivity index (χ3n) is 8.73. The van der Waals surface area contributed by atoms with Gasteiger partial charge < -0.3 is 26.4 Å². The number of rotatable bonds is 0. The molecule has 5 rings (SSSR count). The molecule has 0 spiro atoms. The van der Waals surface area contributed by atoms with Crippen LogP contribution < -0.4 is 0 Å². The number of hydrogen-bond donors (Lipinski definition) is 1. The normalized spacial score (nSPS) is 37.3. The maximum absolute atomic E-state index is 7.00. The quantitative estimate of drug-likeness (QED) is 0.349. The van der Waals surface area contributed by atoms with Gasteiger partial charge in [0.1, 0.15) is 0 Å². The summed E-state index contributed by atoms with van der Waals surface area (Å²) in [6.45, 7) is 2.97. The van der Waals surface area contributed by atoms with Crippen LogP contribution in [0.25, 0.3) is 21.3 Å². The Bertz CT molecular complexity index is 709. The summed E-state index contributed by atoms with van der Waals surface area (Å²) < 4.78 is 0. The minimum Gasteiger partial charge on any atom is -0.688 e. The molecule has 198 valence electrons. The van der Waals surface area contributed by atoms with Crippen molar-refractivity contribution in [3.05, 3.63) is 57.0 Å². The first-order chi connectivity index (χ1) is 16.9. The standard InChI is InChI=1S/C28H42N4.CH4O.Co/c1-5-13-25-21(9-1)17-29-26-14-6-2-11-23(26)19-31-28-16-8-4-12-24(28)20-32-27-15-7-3-10-22(27)18-30-25;1-2;/h1,5,13,17,22-24,26-28H,2-4,6-12,14-16,18-20H2;2H,1H3;/q-4;;+3/b21-17-;;. The van der Waals surface area contributed by atoms with Crippen LogP contribution in [0.3, 0.4) is 0 Å². The van der Waals surface area contributed by atoms with Gasteiger partial charge in [-0.1, -0.05) is 119 Å². The van der Waals surface area contributed by atoms with Crippen LogP contribution in [0.4, 0.5) is 0 Å². The van der Waals surface area contributed by atoms with Crippen LogP contribution in [0.1, 0.15) is 83.5 Å². The van der Waals surface area contributed by atoms with E-state index in [0.717, 1.165) is 38.9 Å². The number of nitrogens with zero attached hydrogens (tertiary/aromatic N) is 4. The second kappa shape index (κ2) is 15.5. The average Bonchev–Trinajstić information content (AvgIpc) is 2.91. The molecule has 6 unspecified atom stereocenters. The molecule has 6 atom stereocenters. The van der Waals surface area contributed by atoms with E-state index in [1.807, 2.05) is 0 Å². The summed E-state index contributed by atoms with van der Waals surface area (Å²) in [7, 11) is 1.00. The number of allylic oxidation sites excluding steroid dienone is 4. The minimum absolute atomic E-state index is 0. The third kappa shape index (κ3) is 8.09. The van der Waals surface area contributed by atoms with Crippen molar-refractivity contribution in [2.24, 2.45) is 17.8 Å². The molecule has 4 aliphatic carbocycles. The largest absolute Gasteiger partial charge is 3.00 e. The predicted octanol–water partition coefficient (Wildman–Crippen LogP) is 7.50. The van der Waals surface area contributed by atoms with Crippen molar-refractivity contribution in [3.8, 4) is 0 Å². The molecule has 0 amide bonds. The van der Waals surface area contributed by atoms with Crippen LogP contribution >= 0.6 is 0 Å². The monoisotopic (exact) mass is 525 g/mol. The summed E-state index contributed by atoms with van der Waals surface area (Å²) >= 11 is 0. The first-order valence-corrected chi connectivity index (χ1v) is 14.1. The molecular formula is C29H46CoN4O-. The van der Waals surface area contributed by atoms with E-state index in [9.17, 15) is 0 Å². The molecule has 6 heteroatoms. The van der Waals surface area contributed by atoms with Gasteiger partial charge in [0.15, 0.2) is 0 Å². The molecule has 3 fully saturated rings. The molecule has 0 aromatic rings. The number of hydrogen-bond acceptors (Lipinski definition) is 1. The first-order valence-electron chi connectivity index (χ1n) is 14.1. The van der Waals surface area contributed by atoms with Crippen molar-refractivity contribution in [1.29, 1.82) is 0 Å². The molecule has 0 radical (unpaired) electrons. The molecule has 1 aliphatic heterocycles. The number of aliphatic hydroxyl groups excluding tert-OH is 1. The average molecular weight is 526 g/mol. The van der Waals surface area contributed by atoms with E-state index >= 15 is 0 Å². The smallest absolute Gasteiger partial charge is 0.688 e. The van der Waals surface area contributed by atoms with E-state index in [4.69, 9.17) is 26.4 Å². The van der Waals surface area contributed by atoms with Gasteiger partial charge in [0, 0.05) is 7.11 Å². The zero-order chi connectivity index (χ0) is 23.6. The Labute approximate surface area is 224 Å². The van der Waals surface area contributed by atoms with Gasteiger partial charge in [-0.25, -0.2) is 0 Å². The molecule has 0 aromatic carbocycles.